The minimum Gasteiger partial charge on any atom is -0.465 e. The molecule has 1 amide bonds. The Hall–Kier alpha value is -2.84. The number of aryl methyl sites for hydroxylation is 1. The smallest absolute Gasteiger partial charge is 0.326 e. The van der Waals surface area contributed by atoms with Crippen LogP contribution < -0.4 is 5.32 Å². The molecule has 0 saturated carbocycles. The number of amides is 1. The fraction of sp³-hybridized carbons (Fsp3) is 0.483. The molecule has 0 aromatic heterocycles. The van der Waals surface area contributed by atoms with Gasteiger partial charge in [0.1, 0.15) is 18.2 Å². The molecule has 0 bridgehead atoms. The van der Waals surface area contributed by atoms with Crippen LogP contribution in [-0.4, -0.2) is 65.9 Å². The van der Waals surface area contributed by atoms with Crippen molar-refractivity contribution in [3.63, 3.8) is 0 Å². The summed E-state index contributed by atoms with van der Waals surface area (Å²) in [6.45, 7) is 7.67. The van der Waals surface area contributed by atoms with E-state index >= 15 is 0 Å². The van der Waals surface area contributed by atoms with E-state index in [0.717, 1.165) is 11.1 Å². The molecule has 3 atom stereocenters. The Kier molecular flexibility index (Phi) is 10.6. The lowest BCUT2D eigenvalue weighted by molar-refractivity contribution is -0.159. The van der Waals surface area contributed by atoms with Gasteiger partial charge in [0, 0.05) is 17.5 Å². The quantitative estimate of drug-likeness (QED) is 0.465. The van der Waals surface area contributed by atoms with E-state index in [1.54, 1.807) is 44.4 Å². The number of hydrogen-bond acceptors (Lipinski definition) is 7. The minimum atomic E-state index is -0.649. The number of nitrogens with one attached hydrogen (secondary N) is 1. The third-order valence-corrected chi connectivity index (χ3v) is 7.26. The second-order valence-corrected chi connectivity index (χ2v) is 11.3. The molecule has 0 radical (unpaired) electrons. The van der Waals surface area contributed by atoms with Crippen LogP contribution in [0.2, 0.25) is 0 Å². The van der Waals surface area contributed by atoms with Crippen molar-refractivity contribution < 1.29 is 23.9 Å². The molecule has 3 rings (SSSR count). The zero-order chi connectivity index (χ0) is 26.8. The van der Waals surface area contributed by atoms with Crippen LogP contribution in [0.5, 0.6) is 0 Å². The number of nitrogens with zero attached hydrogens (tertiary/aromatic N) is 1. The molecule has 7 nitrogen and oxygen atoms in total. The highest BCUT2D eigenvalue weighted by Crippen LogP contribution is 2.33. The molecule has 3 unspecified atom stereocenters. The first-order valence-electron chi connectivity index (χ1n) is 12.8. The normalized spacial score (nSPS) is 19.1. The van der Waals surface area contributed by atoms with Gasteiger partial charge in [-0.25, -0.2) is 0 Å². The van der Waals surface area contributed by atoms with Gasteiger partial charge in [0.05, 0.1) is 12.6 Å². The molecule has 0 aliphatic carbocycles. The van der Waals surface area contributed by atoms with Gasteiger partial charge >= 0.3 is 11.9 Å². The van der Waals surface area contributed by atoms with E-state index in [-0.39, 0.29) is 30.3 Å². The van der Waals surface area contributed by atoms with E-state index in [0.29, 0.717) is 25.1 Å². The maximum Gasteiger partial charge on any atom is 0.326 e. The van der Waals surface area contributed by atoms with Crippen LogP contribution in [0.3, 0.4) is 0 Å². The fourth-order valence-corrected chi connectivity index (χ4v) is 5.52. The van der Waals surface area contributed by atoms with E-state index in [2.05, 4.69) is 5.32 Å². The number of benzene rings is 2. The monoisotopic (exact) mass is 526 g/mol. The maximum absolute atomic E-state index is 13.7. The molecule has 1 aliphatic heterocycles. The molecule has 0 spiro atoms. The number of esters is 2. The average Bonchev–Trinajstić information content (AvgIpc) is 3.00. The van der Waals surface area contributed by atoms with Crippen LogP contribution in [0.25, 0.3) is 0 Å². The van der Waals surface area contributed by atoms with E-state index in [1.807, 2.05) is 60.7 Å². The molecule has 1 fully saturated rings. The Balaban J connectivity index is 1.80. The summed E-state index contributed by atoms with van der Waals surface area (Å²) >= 11 is 1.65. The van der Waals surface area contributed by atoms with Gasteiger partial charge in [0.2, 0.25) is 5.91 Å². The Morgan fingerprint density at radius 2 is 1.73 bits per heavy atom. The van der Waals surface area contributed by atoms with Crippen LogP contribution in [0.4, 0.5) is 0 Å². The summed E-state index contributed by atoms with van der Waals surface area (Å²) in [6.07, 6.45) is 1.16. The van der Waals surface area contributed by atoms with Gasteiger partial charge in [0.15, 0.2) is 0 Å². The number of ether oxygens (including phenoxy) is 2. The van der Waals surface area contributed by atoms with E-state index < -0.39 is 23.7 Å². The average molecular weight is 527 g/mol. The Bertz CT molecular complexity index is 1030. The third kappa shape index (κ3) is 9.20. The second-order valence-electron chi connectivity index (χ2n) is 10.1. The van der Waals surface area contributed by atoms with Crippen molar-refractivity contribution in [2.24, 2.45) is 0 Å². The number of carbonyl (C=O) groups excluding carboxylic acids is 3. The summed E-state index contributed by atoms with van der Waals surface area (Å²) in [4.78, 5) is 40.8. The molecule has 200 valence electrons. The van der Waals surface area contributed by atoms with Crippen molar-refractivity contribution >= 4 is 29.6 Å². The van der Waals surface area contributed by atoms with Gasteiger partial charge in [0.25, 0.3) is 0 Å². The first-order valence-corrected chi connectivity index (χ1v) is 13.8. The summed E-state index contributed by atoms with van der Waals surface area (Å²) in [5.74, 6) is -0.585. The summed E-state index contributed by atoms with van der Waals surface area (Å²) < 4.78 is 10.8. The fourth-order valence-electron chi connectivity index (χ4n) is 4.22. The van der Waals surface area contributed by atoms with E-state index in [9.17, 15) is 14.4 Å². The summed E-state index contributed by atoms with van der Waals surface area (Å²) in [5.41, 5.74) is 1.54. The van der Waals surface area contributed by atoms with Crippen molar-refractivity contribution in [1.29, 1.82) is 0 Å². The van der Waals surface area contributed by atoms with Crippen LogP contribution in [0, 0.1) is 0 Å². The van der Waals surface area contributed by atoms with Crippen molar-refractivity contribution in [3.8, 4) is 0 Å². The summed E-state index contributed by atoms with van der Waals surface area (Å²) in [7, 11) is 0. The Morgan fingerprint density at radius 3 is 2.35 bits per heavy atom. The van der Waals surface area contributed by atoms with Crippen LogP contribution >= 0.6 is 11.8 Å². The Labute approximate surface area is 224 Å². The first-order chi connectivity index (χ1) is 17.7. The predicted molar refractivity (Wildman–Crippen MR) is 146 cm³/mol. The topological polar surface area (TPSA) is 84.9 Å². The summed E-state index contributed by atoms with van der Waals surface area (Å²) in [6, 6.07) is 18.6. The lowest BCUT2D eigenvalue weighted by Gasteiger charge is -2.28. The molecule has 1 heterocycles. The number of hydrogen-bond donors (Lipinski definition) is 1. The molecule has 2 aromatic rings. The standard InChI is InChI=1S/C29H38N2O5S/c1-5-35-28(34)23(17-16-21-12-8-6-9-13-21)30-24-20-37-25(22-14-10-7-11-15-22)18-31(27(24)33)19-26(32)36-29(2,3)4/h6-15,23-25,30H,5,16-20H2,1-4H3. The van der Waals surface area contributed by atoms with Crippen LogP contribution in [0.15, 0.2) is 60.7 Å². The number of carbonyl (C=O) groups is 3. The first kappa shape index (κ1) is 28.7. The predicted octanol–water partition coefficient (Wildman–Crippen LogP) is 4.17. The highest BCUT2D eigenvalue weighted by Gasteiger charge is 2.36. The highest BCUT2D eigenvalue weighted by atomic mass is 32.2. The molecule has 2 aromatic carbocycles. The van der Waals surface area contributed by atoms with Gasteiger partial charge in [-0.2, -0.15) is 0 Å². The number of thioether (sulfide) groups is 1. The highest BCUT2D eigenvalue weighted by molar-refractivity contribution is 7.99. The van der Waals surface area contributed by atoms with Gasteiger partial charge in [-0.05, 0) is 51.7 Å². The molecule has 37 heavy (non-hydrogen) atoms. The van der Waals surface area contributed by atoms with Gasteiger partial charge in [-0.1, -0.05) is 60.7 Å². The third-order valence-electron chi connectivity index (χ3n) is 5.91. The van der Waals surface area contributed by atoms with Crippen molar-refractivity contribution in [3.05, 3.63) is 71.8 Å². The molecular formula is C29H38N2O5S. The van der Waals surface area contributed by atoms with E-state index in [4.69, 9.17) is 9.47 Å². The van der Waals surface area contributed by atoms with Crippen molar-refractivity contribution in [2.75, 3.05) is 25.4 Å². The van der Waals surface area contributed by atoms with Crippen LogP contribution in [-0.2, 0) is 30.3 Å². The van der Waals surface area contributed by atoms with Gasteiger partial charge in [-0.3, -0.25) is 19.7 Å². The van der Waals surface area contributed by atoms with Crippen LogP contribution in [0.1, 0.15) is 50.5 Å². The Morgan fingerprint density at radius 1 is 1.08 bits per heavy atom. The van der Waals surface area contributed by atoms with Crippen molar-refractivity contribution in [1.82, 2.24) is 10.2 Å². The largest absolute Gasteiger partial charge is 0.465 e. The maximum atomic E-state index is 13.7. The molecule has 8 heteroatoms. The second kappa shape index (κ2) is 13.6. The van der Waals surface area contributed by atoms with Crippen molar-refractivity contribution in [2.45, 2.75) is 63.5 Å². The molecular weight excluding hydrogens is 488 g/mol. The molecule has 1 N–H and O–H groups in total. The minimum absolute atomic E-state index is 0.00949. The zero-order valence-corrected chi connectivity index (χ0v) is 23.0. The zero-order valence-electron chi connectivity index (χ0n) is 22.1. The SMILES string of the molecule is CCOC(=O)C(CCc1ccccc1)NC1CSC(c2ccccc2)CN(CC(=O)OC(C)(C)C)C1=O. The lowest BCUT2D eigenvalue weighted by Crippen LogP contribution is -2.54. The summed E-state index contributed by atoms with van der Waals surface area (Å²) in [5, 5.41) is 3.28. The van der Waals surface area contributed by atoms with Gasteiger partial charge in [-0.15, -0.1) is 11.8 Å². The lowest BCUT2D eigenvalue weighted by atomic mass is 10.0. The van der Waals surface area contributed by atoms with E-state index in [1.165, 1.54) is 0 Å². The molecule has 1 saturated heterocycles. The van der Waals surface area contributed by atoms with Gasteiger partial charge < -0.3 is 14.4 Å². The number of rotatable bonds is 10. The molecule has 1 aliphatic rings.